The molecule has 39 heteroatoms. The highest BCUT2D eigenvalue weighted by atomic mass is 79.9. The Morgan fingerprint density at radius 2 is 0.748 bits per heavy atom. The lowest BCUT2D eigenvalue weighted by Gasteiger charge is -2.41. The number of hydrogen-bond donors (Lipinski definition) is 4. The molecule has 4 aromatic carbocycles. The van der Waals surface area contributed by atoms with Crippen LogP contribution in [0.25, 0.3) is 0 Å². The number of carbonyl (C=O) groups is 4. The molecule has 0 saturated heterocycles. The van der Waals surface area contributed by atoms with Crippen LogP contribution in [-0.2, 0) is 114 Å². The molecule has 8 aromatic rings. The van der Waals surface area contributed by atoms with E-state index < -0.39 is 106 Å². The van der Waals surface area contributed by atoms with Crippen molar-refractivity contribution in [1.82, 2.24) is 42.1 Å². The van der Waals surface area contributed by atoms with Crippen LogP contribution in [0.4, 0.5) is 8.78 Å². The molecular weight excluding hydrogens is 1780 g/mol. The van der Waals surface area contributed by atoms with Crippen LogP contribution in [0.2, 0.25) is 0 Å². The second-order valence-electron chi connectivity index (χ2n) is 33.5. The SMILES string of the molecule is CN1C(N)=N[C@]2(C)c3cc(CC(=O)c4ncc(F)cc4F)ccc3CCC[C@@H]2S1(=O)=O.COc1cc(Br)cnc1C(=O)Cc1ccc2c(c1)[C@@]1(C)N=C(N)N(C)S(=O)(=O)[C@H]1CCC2.COc1cnc(C(=O)Cc2ccc3c(c2)[C@@]2(C)N=C(N)N(C)S(=O)(=O)[C@H]2CCC3)c(C)c1.COc1cnc(C(=O)Cc2ccc3c(c2)[C@@]2(C)N=C(N)N(C)S(=O)(=O)[C@H]2CCC3)c(C)n1. The number of halogens is 3. The molecule has 674 valence electrons. The van der Waals surface area contributed by atoms with Gasteiger partial charge in [0.25, 0.3) is 0 Å². The van der Waals surface area contributed by atoms with Crippen LogP contribution in [0.15, 0.2) is 140 Å². The lowest BCUT2D eigenvalue weighted by Crippen LogP contribution is -2.56. The van der Waals surface area contributed by atoms with Gasteiger partial charge >= 0.3 is 0 Å². The van der Waals surface area contributed by atoms with Crippen LogP contribution in [0.3, 0.4) is 0 Å². The van der Waals surface area contributed by atoms with E-state index in [2.05, 4.69) is 60.8 Å². The van der Waals surface area contributed by atoms with Gasteiger partial charge in [-0.15, -0.1) is 0 Å². The highest BCUT2D eigenvalue weighted by molar-refractivity contribution is 9.10. The zero-order valence-corrected chi connectivity index (χ0v) is 77.5. The summed E-state index contributed by atoms with van der Waals surface area (Å²) < 4.78 is 153. The summed E-state index contributed by atoms with van der Waals surface area (Å²) in [5.41, 5.74) is 31.6. The number of nitrogens with two attached hydrogens (primary N) is 4. The molecule has 16 rings (SSSR count). The highest BCUT2D eigenvalue weighted by Crippen LogP contribution is 2.50. The third-order valence-corrected chi connectivity index (χ3v) is 35.4. The van der Waals surface area contributed by atoms with Crippen molar-refractivity contribution in [2.24, 2.45) is 42.9 Å². The standard InChI is InChI=1S/C23H28N4O4S.C22H25BrN4O4S.C22H27N5O4S.C21H22F2N4O3S/c1-14-10-17(31-4)13-25-21(14)19(28)12-15-8-9-16-6-5-7-20-23(2,18(16)11-15)26-22(24)27(3)32(20,29)30;1-22-16-9-13(10-17(28)20-18(31-3)11-15(23)12-25-20)7-8-14(16)5-4-6-19(22)32(29,30)27(2)21(24)26-22;1-13-20(24-12-19(25-13)31-4)17(28)11-14-8-9-15-6-5-7-18-22(2,16(15)10-14)26-21(23)27(3)32(18,29)30;1-21-15-8-12(9-17(28)19-16(23)10-14(22)11-25-19)6-7-13(15)4-3-5-18(21)31(29,30)27(2)20(24)26-21/h8-11,13,20H,5-7,12H2,1-4H3,(H2,24,26);7-9,11-12,19H,4-6,10H2,1-3H3,(H2,24,26);8-10,12,18H,5-7,11H2,1-4H3,(H2,23,26);6-8,10-11,18H,3-5,9H2,1-2H3,(H2,24,26)/t20-,23+;19-,22+;18-,22+;18-,21+/m0000/s1. The summed E-state index contributed by atoms with van der Waals surface area (Å²) in [7, 11) is -4.40. The number of rotatable bonds is 15. The first-order valence-electron chi connectivity index (χ1n) is 41.1. The van der Waals surface area contributed by atoms with Gasteiger partial charge in [-0.1, -0.05) is 72.8 Å². The van der Waals surface area contributed by atoms with Gasteiger partial charge in [0.1, 0.15) is 83.2 Å². The fraction of sp³-hybridized carbons (Fsp3) is 0.420. The number of aliphatic imine (C=N–C) groups is 4. The van der Waals surface area contributed by atoms with Gasteiger partial charge < -0.3 is 37.1 Å². The maximum Gasteiger partial charge on any atom is 0.242 e. The fourth-order valence-electron chi connectivity index (χ4n) is 18.5. The summed E-state index contributed by atoms with van der Waals surface area (Å²) in [6, 6.07) is 26.8. The molecule has 0 bridgehead atoms. The molecule has 127 heavy (non-hydrogen) atoms. The molecule has 0 amide bonds. The largest absolute Gasteiger partial charge is 0.495 e. The number of ether oxygens (including phenoxy) is 3. The van der Waals surface area contributed by atoms with Gasteiger partial charge in [0.05, 0.1) is 45.6 Å². The smallest absolute Gasteiger partial charge is 0.242 e. The molecule has 0 spiro atoms. The van der Waals surface area contributed by atoms with Crippen molar-refractivity contribution in [1.29, 1.82) is 0 Å². The molecule has 8 atom stereocenters. The predicted molar refractivity (Wildman–Crippen MR) is 479 cm³/mol. The van der Waals surface area contributed by atoms with Gasteiger partial charge in [-0.2, -0.15) is 0 Å². The number of hydrogen-bond acceptors (Lipinski definition) is 28. The van der Waals surface area contributed by atoms with E-state index in [0.717, 1.165) is 123 Å². The Kier molecular flexibility index (Phi) is 26.3. The zero-order chi connectivity index (χ0) is 92.3. The van der Waals surface area contributed by atoms with Gasteiger partial charge in [0.15, 0.2) is 29.0 Å². The molecule has 0 fully saturated rings. The van der Waals surface area contributed by atoms with Gasteiger partial charge in [-0.25, -0.2) is 105 Å². The van der Waals surface area contributed by atoms with Crippen molar-refractivity contribution in [3.05, 3.63) is 233 Å². The molecule has 0 unspecified atom stereocenters. The van der Waals surface area contributed by atoms with Gasteiger partial charge in [0.2, 0.25) is 69.8 Å². The first kappa shape index (κ1) is 93.4. The third-order valence-electron chi connectivity index (χ3n) is 25.5. The Labute approximate surface area is 746 Å². The number of nitrogens with zero attached hydrogens (tertiary/aromatic N) is 13. The predicted octanol–water partition coefficient (Wildman–Crippen LogP) is 9.15. The van der Waals surface area contributed by atoms with E-state index in [-0.39, 0.29) is 78.3 Å². The summed E-state index contributed by atoms with van der Waals surface area (Å²) in [6.07, 6.45) is 13.2. The summed E-state index contributed by atoms with van der Waals surface area (Å²) >= 11 is 3.33. The molecule has 4 aliphatic carbocycles. The minimum absolute atomic E-state index is 0.0175. The number of aromatic nitrogens is 5. The summed E-state index contributed by atoms with van der Waals surface area (Å²) in [5, 5.41) is -2.92. The summed E-state index contributed by atoms with van der Waals surface area (Å²) in [4.78, 5) is 90.5. The minimum atomic E-state index is -3.71. The average molecular weight is 1880 g/mol. The number of carbonyl (C=O) groups excluding carboxylic acids is 4. The van der Waals surface area contributed by atoms with E-state index in [0.29, 0.717) is 89.0 Å². The van der Waals surface area contributed by atoms with Crippen LogP contribution in [-0.4, -0.2) is 193 Å². The van der Waals surface area contributed by atoms with Crippen molar-refractivity contribution < 1.29 is 75.8 Å². The highest BCUT2D eigenvalue weighted by Gasteiger charge is 2.56. The van der Waals surface area contributed by atoms with Gasteiger partial charge in [-0.05, 0) is 219 Å². The number of methoxy groups -OCH3 is 3. The third kappa shape index (κ3) is 17.7. The summed E-state index contributed by atoms with van der Waals surface area (Å²) in [6.45, 7) is 10.8. The molecule has 0 saturated carbocycles. The molecule has 8 heterocycles. The van der Waals surface area contributed by atoms with Crippen molar-refractivity contribution >= 4 is 103 Å². The van der Waals surface area contributed by atoms with E-state index in [1.54, 1.807) is 51.4 Å². The minimum Gasteiger partial charge on any atom is -0.495 e. The monoisotopic (exact) mass is 1880 g/mol. The van der Waals surface area contributed by atoms with Crippen LogP contribution in [0.5, 0.6) is 17.4 Å². The van der Waals surface area contributed by atoms with E-state index >= 15 is 0 Å². The Morgan fingerprint density at radius 1 is 0.425 bits per heavy atom. The van der Waals surface area contributed by atoms with Gasteiger partial charge in [0, 0.05) is 70.6 Å². The number of benzene rings is 4. The molecule has 8 N–H and O–H groups in total. The fourth-order valence-corrected chi connectivity index (χ4v) is 26.4. The normalized spacial score (nSPS) is 24.2. The topological polar surface area (TPSA) is 463 Å². The van der Waals surface area contributed by atoms with Crippen LogP contribution < -0.4 is 37.1 Å². The number of aryl methyl sites for hydroxylation is 6. The Bertz CT molecular complexity index is 6240. The second-order valence-corrected chi connectivity index (χ2v) is 43.0. The number of sulfonamides is 4. The molecule has 4 aromatic heterocycles. The first-order chi connectivity index (χ1) is 59.8. The molecule has 32 nitrogen and oxygen atoms in total. The van der Waals surface area contributed by atoms with E-state index in [1.807, 2.05) is 88.4 Å². The van der Waals surface area contributed by atoms with E-state index in [9.17, 15) is 61.6 Å². The van der Waals surface area contributed by atoms with Crippen molar-refractivity contribution in [3.63, 3.8) is 0 Å². The first-order valence-corrected chi connectivity index (χ1v) is 47.9. The van der Waals surface area contributed by atoms with Crippen molar-refractivity contribution in [3.8, 4) is 17.4 Å². The average Bonchev–Trinajstić information content (AvgIpc) is 1.73. The Hall–Kier alpha value is -11.3. The Morgan fingerprint density at radius 3 is 1.07 bits per heavy atom. The van der Waals surface area contributed by atoms with Gasteiger partial charge in [-0.3, -0.25) is 19.2 Å². The number of guanidine groups is 4. The number of pyridine rings is 3. The molecule has 8 aliphatic rings. The molecular formula is C88H102BrF2N17O15S4. The zero-order valence-electron chi connectivity index (χ0n) is 72.6. The Balaban J connectivity index is 0.000000145. The molecule has 4 aliphatic heterocycles. The second kappa shape index (κ2) is 35.7. The van der Waals surface area contributed by atoms with Crippen molar-refractivity contribution in [2.45, 2.75) is 187 Å². The van der Waals surface area contributed by atoms with Crippen LogP contribution >= 0.6 is 15.9 Å². The maximum atomic E-state index is 14.0. The lowest BCUT2D eigenvalue weighted by atomic mass is 9.84. The molecule has 0 radical (unpaired) electrons. The van der Waals surface area contributed by atoms with E-state index in [1.165, 1.54) is 54.8 Å². The summed E-state index contributed by atoms with van der Waals surface area (Å²) in [5.74, 6) is -1.79. The van der Waals surface area contributed by atoms with E-state index in [4.69, 9.17) is 37.1 Å². The van der Waals surface area contributed by atoms with Crippen molar-refractivity contribution in [2.75, 3.05) is 49.5 Å². The van der Waals surface area contributed by atoms with Crippen LogP contribution in [0, 0.1) is 25.5 Å². The number of ketones is 4. The lowest BCUT2D eigenvalue weighted by molar-refractivity contribution is 0.0975. The quantitative estimate of drug-likeness (QED) is 0.0694. The number of fused-ring (bicyclic) bond motifs is 12. The maximum absolute atomic E-state index is 14.0. The van der Waals surface area contributed by atoms with Crippen LogP contribution in [0.1, 0.15) is 199 Å². The number of Topliss-reactive ketones (excluding diaryl/α,β-unsaturated/α-hetero) is 4.